The van der Waals surface area contributed by atoms with Crippen LogP contribution in [-0.4, -0.2) is 25.3 Å². The summed E-state index contributed by atoms with van der Waals surface area (Å²) in [6.45, 7) is 11.8. The summed E-state index contributed by atoms with van der Waals surface area (Å²) in [5.41, 5.74) is 0.837. The Kier molecular flexibility index (Phi) is 7.96. The van der Waals surface area contributed by atoms with Gasteiger partial charge in [0.2, 0.25) is 0 Å². The SMILES string of the molecule is COC1CCC(C(C)(C)C2CCCC(C(C)(C)C3CCC(OC(C)=O)CC3)C2)CC1. The number of esters is 1. The lowest BCUT2D eigenvalue weighted by Crippen LogP contribution is -2.43. The van der Waals surface area contributed by atoms with Gasteiger partial charge in [-0.25, -0.2) is 0 Å². The first-order valence-corrected chi connectivity index (χ1v) is 12.8. The van der Waals surface area contributed by atoms with Crippen molar-refractivity contribution in [2.45, 2.75) is 124 Å². The first-order valence-electron chi connectivity index (χ1n) is 12.8. The molecule has 3 aliphatic rings. The number of methoxy groups -OCH3 is 1. The fraction of sp³-hybridized carbons (Fsp3) is 0.963. The van der Waals surface area contributed by atoms with E-state index in [1.54, 1.807) is 6.92 Å². The minimum absolute atomic E-state index is 0.116. The van der Waals surface area contributed by atoms with Crippen molar-refractivity contribution in [2.24, 2.45) is 34.5 Å². The Morgan fingerprint density at radius 2 is 1.10 bits per heavy atom. The molecule has 3 rings (SSSR count). The Balaban J connectivity index is 1.58. The van der Waals surface area contributed by atoms with E-state index in [0.29, 0.717) is 16.9 Å². The van der Waals surface area contributed by atoms with E-state index in [1.165, 1.54) is 64.2 Å². The lowest BCUT2D eigenvalue weighted by molar-refractivity contribution is -0.149. The van der Waals surface area contributed by atoms with Crippen molar-refractivity contribution >= 4 is 5.97 Å². The van der Waals surface area contributed by atoms with Crippen molar-refractivity contribution in [3.8, 4) is 0 Å². The summed E-state index contributed by atoms with van der Waals surface area (Å²) < 4.78 is 11.1. The third-order valence-electron chi connectivity index (χ3n) is 9.90. The summed E-state index contributed by atoms with van der Waals surface area (Å²) in [5, 5.41) is 0. The van der Waals surface area contributed by atoms with Crippen LogP contribution < -0.4 is 0 Å². The summed E-state index contributed by atoms with van der Waals surface area (Å²) in [6.07, 6.45) is 16.0. The maximum atomic E-state index is 11.3. The molecule has 2 atom stereocenters. The monoisotopic (exact) mass is 420 g/mol. The van der Waals surface area contributed by atoms with Gasteiger partial charge < -0.3 is 9.47 Å². The molecule has 30 heavy (non-hydrogen) atoms. The quantitative estimate of drug-likeness (QED) is 0.427. The predicted molar refractivity (Wildman–Crippen MR) is 123 cm³/mol. The number of hydrogen-bond donors (Lipinski definition) is 0. The predicted octanol–water partition coefficient (Wildman–Crippen LogP) is 7.17. The Labute approximate surface area is 186 Å². The molecule has 174 valence electrons. The van der Waals surface area contributed by atoms with Gasteiger partial charge >= 0.3 is 5.97 Å². The molecular weight excluding hydrogens is 372 g/mol. The molecule has 0 amide bonds. The molecule has 3 nitrogen and oxygen atoms in total. The molecule has 0 aliphatic heterocycles. The smallest absolute Gasteiger partial charge is 0.302 e. The van der Waals surface area contributed by atoms with Crippen molar-refractivity contribution in [2.75, 3.05) is 7.11 Å². The third kappa shape index (κ3) is 5.43. The first-order chi connectivity index (χ1) is 14.1. The highest BCUT2D eigenvalue weighted by Crippen LogP contribution is 2.55. The number of hydrogen-bond acceptors (Lipinski definition) is 3. The standard InChI is InChI=1S/C27H48O3/c1-19(28)30-25-16-12-21(13-17-25)27(4,5)23-9-7-8-22(18-23)26(2,3)20-10-14-24(29-6)15-11-20/h20-25H,7-18H2,1-6H3. The summed E-state index contributed by atoms with van der Waals surface area (Å²) in [7, 11) is 1.88. The van der Waals surface area contributed by atoms with E-state index in [-0.39, 0.29) is 12.1 Å². The second-order valence-corrected chi connectivity index (χ2v) is 12.0. The van der Waals surface area contributed by atoms with Gasteiger partial charge in [0.25, 0.3) is 0 Å². The van der Waals surface area contributed by atoms with Gasteiger partial charge in [0.05, 0.1) is 6.10 Å². The zero-order valence-electron chi connectivity index (χ0n) is 20.7. The van der Waals surface area contributed by atoms with Crippen LogP contribution in [0, 0.1) is 34.5 Å². The van der Waals surface area contributed by atoms with E-state index in [2.05, 4.69) is 27.7 Å². The van der Waals surface area contributed by atoms with Gasteiger partial charge in [-0.15, -0.1) is 0 Å². The Morgan fingerprint density at radius 1 is 0.667 bits per heavy atom. The molecule has 0 saturated heterocycles. The molecule has 3 saturated carbocycles. The molecule has 3 aliphatic carbocycles. The van der Waals surface area contributed by atoms with Crippen LogP contribution in [0.15, 0.2) is 0 Å². The fourth-order valence-electron chi connectivity index (χ4n) is 7.41. The molecule has 0 aromatic rings. The van der Waals surface area contributed by atoms with E-state index in [4.69, 9.17) is 9.47 Å². The van der Waals surface area contributed by atoms with Crippen LogP contribution in [0.25, 0.3) is 0 Å². The minimum Gasteiger partial charge on any atom is -0.463 e. The molecule has 3 heteroatoms. The molecule has 0 aromatic heterocycles. The fourth-order valence-corrected chi connectivity index (χ4v) is 7.41. The maximum absolute atomic E-state index is 11.3. The molecular formula is C27H48O3. The van der Waals surface area contributed by atoms with Crippen LogP contribution in [0.3, 0.4) is 0 Å². The van der Waals surface area contributed by atoms with Crippen LogP contribution >= 0.6 is 0 Å². The topological polar surface area (TPSA) is 35.5 Å². The number of carbonyl (C=O) groups excluding carboxylic acids is 1. The van der Waals surface area contributed by atoms with E-state index < -0.39 is 0 Å². The van der Waals surface area contributed by atoms with Crippen molar-refractivity contribution in [3.05, 3.63) is 0 Å². The molecule has 0 spiro atoms. The zero-order chi connectivity index (χ0) is 21.9. The Hall–Kier alpha value is -0.570. The zero-order valence-corrected chi connectivity index (χ0v) is 20.7. The third-order valence-corrected chi connectivity index (χ3v) is 9.90. The van der Waals surface area contributed by atoms with E-state index in [0.717, 1.165) is 36.5 Å². The van der Waals surface area contributed by atoms with Crippen molar-refractivity contribution < 1.29 is 14.3 Å². The second kappa shape index (κ2) is 9.92. The average Bonchev–Trinajstić information content (AvgIpc) is 2.74. The number of carbonyl (C=O) groups is 1. The minimum atomic E-state index is -0.116. The van der Waals surface area contributed by atoms with Gasteiger partial charge in [-0.2, -0.15) is 0 Å². The Bertz CT molecular complexity index is 550. The van der Waals surface area contributed by atoms with Crippen LogP contribution in [0.5, 0.6) is 0 Å². The highest BCUT2D eigenvalue weighted by Gasteiger charge is 2.46. The molecule has 0 radical (unpaired) electrons. The van der Waals surface area contributed by atoms with E-state index in [9.17, 15) is 4.79 Å². The molecule has 3 fully saturated rings. The van der Waals surface area contributed by atoms with Gasteiger partial charge in [0.1, 0.15) is 6.10 Å². The highest BCUT2D eigenvalue weighted by atomic mass is 16.5. The van der Waals surface area contributed by atoms with Crippen molar-refractivity contribution in [3.63, 3.8) is 0 Å². The normalized spacial score (nSPS) is 36.3. The second-order valence-electron chi connectivity index (χ2n) is 12.0. The van der Waals surface area contributed by atoms with Gasteiger partial charge in [0, 0.05) is 14.0 Å². The molecule has 0 heterocycles. The lowest BCUT2D eigenvalue weighted by Gasteiger charge is -2.51. The molecule has 0 aromatic carbocycles. The van der Waals surface area contributed by atoms with Gasteiger partial charge in [-0.05, 0) is 105 Å². The first kappa shape index (κ1) is 24.1. The maximum Gasteiger partial charge on any atom is 0.302 e. The summed E-state index contributed by atoms with van der Waals surface area (Å²) >= 11 is 0. The summed E-state index contributed by atoms with van der Waals surface area (Å²) in [5.74, 6) is 3.20. The summed E-state index contributed by atoms with van der Waals surface area (Å²) in [6, 6.07) is 0. The number of ether oxygens (including phenoxy) is 2. The van der Waals surface area contributed by atoms with Gasteiger partial charge in [-0.1, -0.05) is 34.1 Å². The van der Waals surface area contributed by atoms with Crippen molar-refractivity contribution in [1.82, 2.24) is 0 Å². The van der Waals surface area contributed by atoms with Crippen LogP contribution in [-0.2, 0) is 14.3 Å². The number of rotatable bonds is 6. The van der Waals surface area contributed by atoms with E-state index >= 15 is 0 Å². The highest BCUT2D eigenvalue weighted by molar-refractivity contribution is 5.66. The molecule has 0 bridgehead atoms. The van der Waals surface area contributed by atoms with Crippen molar-refractivity contribution in [1.29, 1.82) is 0 Å². The van der Waals surface area contributed by atoms with Crippen LogP contribution in [0.4, 0.5) is 0 Å². The molecule has 0 N–H and O–H groups in total. The summed E-state index contributed by atoms with van der Waals surface area (Å²) in [4.78, 5) is 11.3. The van der Waals surface area contributed by atoms with Crippen LogP contribution in [0.1, 0.15) is 112 Å². The molecule has 2 unspecified atom stereocenters. The largest absolute Gasteiger partial charge is 0.463 e. The Morgan fingerprint density at radius 3 is 1.50 bits per heavy atom. The average molecular weight is 421 g/mol. The van der Waals surface area contributed by atoms with Gasteiger partial charge in [0.15, 0.2) is 0 Å². The lowest BCUT2D eigenvalue weighted by atomic mass is 9.54. The van der Waals surface area contributed by atoms with Gasteiger partial charge in [-0.3, -0.25) is 4.79 Å². The van der Waals surface area contributed by atoms with E-state index in [1.807, 2.05) is 7.11 Å². The van der Waals surface area contributed by atoms with Crippen LogP contribution in [0.2, 0.25) is 0 Å².